The highest BCUT2D eigenvalue weighted by atomic mass is 35.5. The van der Waals surface area contributed by atoms with E-state index in [2.05, 4.69) is 16.0 Å². The number of hydrogen-bond acceptors (Lipinski definition) is 3. The van der Waals surface area contributed by atoms with Gasteiger partial charge in [0.1, 0.15) is 6.04 Å². The first-order chi connectivity index (χ1) is 10.6. The molecule has 1 saturated heterocycles. The van der Waals surface area contributed by atoms with Crippen LogP contribution >= 0.6 is 11.6 Å². The highest BCUT2D eigenvalue weighted by Crippen LogP contribution is 2.14. The van der Waals surface area contributed by atoms with E-state index in [1.807, 2.05) is 0 Å². The quantitative estimate of drug-likeness (QED) is 0.768. The van der Waals surface area contributed by atoms with Crippen molar-refractivity contribution < 1.29 is 14.4 Å². The van der Waals surface area contributed by atoms with E-state index in [9.17, 15) is 14.4 Å². The van der Waals surface area contributed by atoms with Crippen LogP contribution in [0.5, 0.6) is 0 Å². The zero-order chi connectivity index (χ0) is 15.9. The van der Waals surface area contributed by atoms with Crippen molar-refractivity contribution in [3.05, 3.63) is 34.9 Å². The monoisotopic (exact) mass is 323 g/mol. The van der Waals surface area contributed by atoms with Gasteiger partial charge in [-0.25, -0.2) is 0 Å². The SMILES string of the molecule is O=C(CNC(=O)c1ccccc1Cl)N[C@@H]1CCCCNC1=O. The first-order valence-corrected chi connectivity index (χ1v) is 7.55. The maximum Gasteiger partial charge on any atom is 0.253 e. The Morgan fingerprint density at radius 2 is 2.05 bits per heavy atom. The number of carbonyl (C=O) groups excluding carboxylic acids is 3. The third-order valence-corrected chi connectivity index (χ3v) is 3.73. The van der Waals surface area contributed by atoms with Crippen molar-refractivity contribution in [3.63, 3.8) is 0 Å². The lowest BCUT2D eigenvalue weighted by atomic mass is 10.1. The highest BCUT2D eigenvalue weighted by Gasteiger charge is 2.22. The molecule has 0 aliphatic carbocycles. The lowest BCUT2D eigenvalue weighted by Gasteiger charge is -2.15. The molecular weight excluding hydrogens is 306 g/mol. The summed E-state index contributed by atoms with van der Waals surface area (Å²) >= 11 is 5.91. The van der Waals surface area contributed by atoms with E-state index in [-0.39, 0.29) is 12.5 Å². The van der Waals surface area contributed by atoms with Gasteiger partial charge in [-0.1, -0.05) is 23.7 Å². The Kier molecular flexibility index (Phi) is 5.77. The first-order valence-electron chi connectivity index (χ1n) is 7.17. The summed E-state index contributed by atoms with van der Waals surface area (Å²) in [4.78, 5) is 35.5. The maximum absolute atomic E-state index is 11.9. The molecule has 1 aromatic rings. The van der Waals surface area contributed by atoms with Gasteiger partial charge in [-0.15, -0.1) is 0 Å². The second kappa shape index (κ2) is 7.79. The number of benzene rings is 1. The molecule has 3 amide bonds. The number of nitrogens with one attached hydrogen (secondary N) is 3. The second-order valence-corrected chi connectivity index (χ2v) is 5.48. The lowest BCUT2D eigenvalue weighted by molar-refractivity contribution is -0.128. The first kappa shape index (κ1) is 16.3. The van der Waals surface area contributed by atoms with E-state index in [0.717, 1.165) is 12.8 Å². The van der Waals surface area contributed by atoms with Crippen molar-refractivity contribution in [3.8, 4) is 0 Å². The van der Waals surface area contributed by atoms with Gasteiger partial charge in [-0.05, 0) is 31.4 Å². The van der Waals surface area contributed by atoms with Crippen LogP contribution in [0.25, 0.3) is 0 Å². The smallest absolute Gasteiger partial charge is 0.253 e. The van der Waals surface area contributed by atoms with Gasteiger partial charge in [0.05, 0.1) is 17.1 Å². The molecule has 22 heavy (non-hydrogen) atoms. The van der Waals surface area contributed by atoms with Gasteiger partial charge in [0.2, 0.25) is 11.8 Å². The number of halogens is 1. The summed E-state index contributed by atoms with van der Waals surface area (Å²) in [7, 11) is 0. The molecule has 1 fully saturated rings. The molecule has 0 bridgehead atoms. The highest BCUT2D eigenvalue weighted by molar-refractivity contribution is 6.33. The van der Waals surface area contributed by atoms with Crippen LogP contribution in [0, 0.1) is 0 Å². The minimum Gasteiger partial charge on any atom is -0.354 e. The van der Waals surface area contributed by atoms with Gasteiger partial charge >= 0.3 is 0 Å². The topological polar surface area (TPSA) is 87.3 Å². The number of hydrogen-bond donors (Lipinski definition) is 3. The molecule has 118 valence electrons. The zero-order valence-corrected chi connectivity index (χ0v) is 12.8. The summed E-state index contributed by atoms with van der Waals surface area (Å²) < 4.78 is 0. The van der Waals surface area contributed by atoms with E-state index < -0.39 is 17.9 Å². The molecule has 0 spiro atoms. The van der Waals surface area contributed by atoms with Crippen LogP contribution in [0.4, 0.5) is 0 Å². The summed E-state index contributed by atoms with van der Waals surface area (Å²) in [5, 5.41) is 8.19. The fourth-order valence-corrected chi connectivity index (χ4v) is 2.45. The van der Waals surface area contributed by atoms with E-state index in [0.29, 0.717) is 23.6 Å². The van der Waals surface area contributed by atoms with Crippen molar-refractivity contribution >= 4 is 29.3 Å². The van der Waals surface area contributed by atoms with Gasteiger partial charge < -0.3 is 16.0 Å². The average Bonchev–Trinajstić information content (AvgIpc) is 2.70. The zero-order valence-electron chi connectivity index (χ0n) is 12.0. The molecular formula is C15H18ClN3O3. The van der Waals surface area contributed by atoms with Crippen molar-refractivity contribution in [1.82, 2.24) is 16.0 Å². The molecule has 1 aliphatic heterocycles. The van der Waals surface area contributed by atoms with Gasteiger partial charge in [-0.2, -0.15) is 0 Å². The van der Waals surface area contributed by atoms with Gasteiger partial charge in [0.25, 0.3) is 5.91 Å². The molecule has 2 rings (SSSR count). The normalized spacial score (nSPS) is 18.0. The average molecular weight is 324 g/mol. The van der Waals surface area contributed by atoms with Gasteiger partial charge in [-0.3, -0.25) is 14.4 Å². The number of amides is 3. The van der Waals surface area contributed by atoms with E-state index in [1.165, 1.54) is 0 Å². The predicted octanol–water partition coefficient (Wildman–Crippen LogP) is 0.855. The van der Waals surface area contributed by atoms with Crippen molar-refractivity contribution in [1.29, 1.82) is 0 Å². The van der Waals surface area contributed by atoms with Crippen LogP contribution in [0.1, 0.15) is 29.6 Å². The summed E-state index contributed by atoms with van der Waals surface area (Å²) in [6, 6.07) is 6.06. The van der Waals surface area contributed by atoms with Crippen LogP contribution in [0.3, 0.4) is 0 Å². The van der Waals surface area contributed by atoms with Crippen LogP contribution in [-0.2, 0) is 9.59 Å². The minimum absolute atomic E-state index is 0.178. The molecule has 6 nitrogen and oxygen atoms in total. The van der Waals surface area contributed by atoms with Crippen molar-refractivity contribution in [2.24, 2.45) is 0 Å². The third kappa shape index (κ3) is 4.46. The molecule has 0 saturated carbocycles. The van der Waals surface area contributed by atoms with Crippen molar-refractivity contribution in [2.45, 2.75) is 25.3 Å². The van der Waals surface area contributed by atoms with Crippen molar-refractivity contribution in [2.75, 3.05) is 13.1 Å². The fraction of sp³-hybridized carbons (Fsp3) is 0.400. The van der Waals surface area contributed by atoms with Crippen LogP contribution in [-0.4, -0.2) is 36.9 Å². The Hall–Kier alpha value is -2.08. The Bertz CT molecular complexity index is 577. The Morgan fingerprint density at radius 1 is 1.27 bits per heavy atom. The summed E-state index contributed by atoms with van der Waals surface area (Å²) in [6.07, 6.45) is 2.38. The molecule has 1 atom stereocenters. The van der Waals surface area contributed by atoms with Gasteiger partial charge in [0, 0.05) is 6.54 Å². The second-order valence-electron chi connectivity index (χ2n) is 5.07. The molecule has 7 heteroatoms. The molecule has 1 aromatic carbocycles. The summed E-state index contributed by atoms with van der Waals surface area (Å²) in [6.45, 7) is 0.433. The van der Waals surface area contributed by atoms with E-state index in [1.54, 1.807) is 24.3 Å². The van der Waals surface area contributed by atoms with Crippen LogP contribution in [0.15, 0.2) is 24.3 Å². The molecule has 1 heterocycles. The molecule has 0 aromatic heterocycles. The number of rotatable bonds is 4. The molecule has 0 unspecified atom stereocenters. The third-order valence-electron chi connectivity index (χ3n) is 3.40. The van der Waals surface area contributed by atoms with E-state index in [4.69, 9.17) is 11.6 Å². The van der Waals surface area contributed by atoms with Gasteiger partial charge in [0.15, 0.2) is 0 Å². The molecule has 3 N–H and O–H groups in total. The fourth-order valence-electron chi connectivity index (χ4n) is 2.22. The summed E-state index contributed by atoms with van der Waals surface area (Å²) in [5.41, 5.74) is 0.309. The lowest BCUT2D eigenvalue weighted by Crippen LogP contribution is -2.48. The Morgan fingerprint density at radius 3 is 2.82 bits per heavy atom. The molecule has 1 aliphatic rings. The minimum atomic E-state index is -0.535. The Balaban J connectivity index is 1.83. The summed E-state index contributed by atoms with van der Waals surface area (Å²) in [5.74, 6) is -1.00. The van der Waals surface area contributed by atoms with Crippen LogP contribution in [0.2, 0.25) is 5.02 Å². The maximum atomic E-state index is 11.9. The standard InChI is InChI=1S/C15H18ClN3O3/c16-11-6-2-1-5-10(11)14(21)18-9-13(20)19-12-7-3-4-8-17-15(12)22/h1-2,5-6,12H,3-4,7-9H2,(H,17,22)(H,18,21)(H,19,20)/t12-/m1/s1. The molecule has 0 radical (unpaired) electrons. The largest absolute Gasteiger partial charge is 0.354 e. The predicted molar refractivity (Wildman–Crippen MR) is 82.6 cm³/mol. The van der Waals surface area contributed by atoms with E-state index >= 15 is 0 Å². The Labute approximate surface area is 133 Å². The number of carbonyl (C=O) groups is 3. The van der Waals surface area contributed by atoms with Crippen LogP contribution < -0.4 is 16.0 Å².